The molecule has 0 radical (unpaired) electrons. The Morgan fingerprint density at radius 2 is 1.93 bits per heavy atom. The maximum atomic E-state index is 11.1. The van der Waals surface area contributed by atoms with E-state index in [4.69, 9.17) is 0 Å². The molecule has 0 bridgehead atoms. The van der Waals surface area contributed by atoms with Gasteiger partial charge in [-0.3, -0.25) is 4.79 Å². The molecule has 0 aliphatic rings. The highest BCUT2D eigenvalue weighted by atomic mass is 16.1. The lowest BCUT2D eigenvalue weighted by molar-refractivity contribution is 1.24. The third-order valence-corrected chi connectivity index (χ3v) is 2.23. The SMILES string of the molecule is Cc1ccccc1-c1cc[nH]c(=O)c1. The van der Waals surface area contributed by atoms with Crippen LogP contribution >= 0.6 is 0 Å². The number of aromatic amines is 1. The number of pyridine rings is 1. The lowest BCUT2D eigenvalue weighted by Crippen LogP contribution is -2.02. The maximum absolute atomic E-state index is 11.1. The maximum Gasteiger partial charge on any atom is 0.248 e. The average molecular weight is 185 g/mol. The molecule has 70 valence electrons. The topological polar surface area (TPSA) is 32.9 Å². The van der Waals surface area contributed by atoms with Crippen LogP contribution in [0.4, 0.5) is 0 Å². The molecular formula is C12H11NO. The first-order valence-corrected chi connectivity index (χ1v) is 4.52. The predicted molar refractivity (Wildman–Crippen MR) is 57.2 cm³/mol. The molecule has 2 rings (SSSR count). The van der Waals surface area contributed by atoms with Crippen molar-refractivity contribution in [2.45, 2.75) is 6.92 Å². The van der Waals surface area contributed by atoms with Crippen LogP contribution in [0.3, 0.4) is 0 Å². The van der Waals surface area contributed by atoms with Crippen LogP contribution in [-0.2, 0) is 0 Å². The zero-order valence-corrected chi connectivity index (χ0v) is 7.95. The minimum absolute atomic E-state index is 0.0641. The summed E-state index contributed by atoms with van der Waals surface area (Å²) in [4.78, 5) is 13.7. The van der Waals surface area contributed by atoms with Crippen molar-refractivity contribution in [3.8, 4) is 11.1 Å². The summed E-state index contributed by atoms with van der Waals surface area (Å²) in [6, 6.07) is 11.5. The summed E-state index contributed by atoms with van der Waals surface area (Å²) in [5.41, 5.74) is 3.19. The number of H-pyrrole nitrogens is 1. The average Bonchev–Trinajstić information content (AvgIpc) is 2.18. The van der Waals surface area contributed by atoms with Gasteiger partial charge in [0, 0.05) is 12.3 Å². The minimum atomic E-state index is -0.0641. The van der Waals surface area contributed by atoms with Crippen molar-refractivity contribution in [2.75, 3.05) is 0 Å². The van der Waals surface area contributed by atoms with E-state index in [0.29, 0.717) is 0 Å². The van der Waals surface area contributed by atoms with Crippen molar-refractivity contribution >= 4 is 0 Å². The fraction of sp³-hybridized carbons (Fsp3) is 0.0833. The third-order valence-electron chi connectivity index (χ3n) is 2.23. The molecule has 1 N–H and O–H groups in total. The van der Waals surface area contributed by atoms with Crippen LogP contribution in [0.5, 0.6) is 0 Å². The molecule has 2 aromatic rings. The smallest absolute Gasteiger partial charge is 0.248 e. The van der Waals surface area contributed by atoms with Crippen LogP contribution in [0.2, 0.25) is 0 Å². The summed E-state index contributed by atoms with van der Waals surface area (Å²) in [6.45, 7) is 2.04. The first-order valence-electron chi connectivity index (χ1n) is 4.52. The summed E-state index contributed by atoms with van der Waals surface area (Å²) in [6.07, 6.45) is 1.67. The van der Waals surface area contributed by atoms with Crippen molar-refractivity contribution in [1.82, 2.24) is 4.98 Å². The van der Waals surface area contributed by atoms with Gasteiger partial charge in [-0.15, -0.1) is 0 Å². The van der Waals surface area contributed by atoms with Crippen molar-refractivity contribution in [1.29, 1.82) is 0 Å². The number of hydrogen-bond donors (Lipinski definition) is 1. The van der Waals surface area contributed by atoms with Gasteiger partial charge in [-0.2, -0.15) is 0 Å². The van der Waals surface area contributed by atoms with Gasteiger partial charge in [0.2, 0.25) is 5.56 Å². The van der Waals surface area contributed by atoms with Crippen molar-refractivity contribution in [3.05, 3.63) is 58.5 Å². The Labute approximate surface area is 82.2 Å². The molecule has 0 aliphatic heterocycles. The van der Waals surface area contributed by atoms with E-state index in [2.05, 4.69) is 4.98 Å². The van der Waals surface area contributed by atoms with E-state index in [1.165, 1.54) is 5.56 Å². The Hall–Kier alpha value is -1.83. The van der Waals surface area contributed by atoms with Crippen LogP contribution in [-0.4, -0.2) is 4.98 Å². The van der Waals surface area contributed by atoms with Crippen molar-refractivity contribution in [2.24, 2.45) is 0 Å². The van der Waals surface area contributed by atoms with E-state index in [1.54, 1.807) is 12.3 Å². The van der Waals surface area contributed by atoms with Crippen molar-refractivity contribution in [3.63, 3.8) is 0 Å². The fourth-order valence-corrected chi connectivity index (χ4v) is 1.51. The Kier molecular flexibility index (Phi) is 2.19. The normalized spacial score (nSPS) is 10.1. The van der Waals surface area contributed by atoms with Gasteiger partial charge in [0.15, 0.2) is 0 Å². The second-order valence-corrected chi connectivity index (χ2v) is 3.26. The van der Waals surface area contributed by atoms with E-state index >= 15 is 0 Å². The standard InChI is InChI=1S/C12H11NO/c1-9-4-2-3-5-11(9)10-6-7-13-12(14)8-10/h2-8H,1H3,(H,13,14). The molecule has 0 saturated heterocycles. The largest absolute Gasteiger partial charge is 0.329 e. The van der Waals surface area contributed by atoms with E-state index in [1.807, 2.05) is 37.3 Å². The number of aromatic nitrogens is 1. The van der Waals surface area contributed by atoms with Gasteiger partial charge < -0.3 is 4.98 Å². The van der Waals surface area contributed by atoms with E-state index in [0.717, 1.165) is 11.1 Å². The fourth-order valence-electron chi connectivity index (χ4n) is 1.51. The predicted octanol–water partition coefficient (Wildman–Crippen LogP) is 2.35. The molecule has 0 fully saturated rings. The van der Waals surface area contributed by atoms with Gasteiger partial charge in [-0.25, -0.2) is 0 Å². The summed E-state index contributed by atoms with van der Waals surface area (Å²) >= 11 is 0. The number of aryl methyl sites for hydroxylation is 1. The number of nitrogens with one attached hydrogen (secondary N) is 1. The van der Waals surface area contributed by atoms with Gasteiger partial charge in [-0.05, 0) is 29.7 Å². The van der Waals surface area contributed by atoms with Crippen molar-refractivity contribution < 1.29 is 0 Å². The number of hydrogen-bond acceptors (Lipinski definition) is 1. The first kappa shape index (κ1) is 8.75. The molecule has 14 heavy (non-hydrogen) atoms. The first-order chi connectivity index (χ1) is 6.77. The van der Waals surface area contributed by atoms with Crippen LogP contribution in [0.25, 0.3) is 11.1 Å². The molecule has 1 aromatic heterocycles. The zero-order valence-electron chi connectivity index (χ0n) is 7.95. The van der Waals surface area contributed by atoms with Gasteiger partial charge >= 0.3 is 0 Å². The lowest BCUT2D eigenvalue weighted by atomic mass is 10.0. The third kappa shape index (κ3) is 1.59. The Morgan fingerprint density at radius 3 is 2.64 bits per heavy atom. The van der Waals surface area contributed by atoms with Gasteiger partial charge in [0.1, 0.15) is 0 Å². The van der Waals surface area contributed by atoms with E-state index in [-0.39, 0.29) is 5.56 Å². The highest BCUT2D eigenvalue weighted by molar-refractivity contribution is 5.66. The molecule has 1 heterocycles. The van der Waals surface area contributed by atoms with Gasteiger partial charge in [0.25, 0.3) is 0 Å². The lowest BCUT2D eigenvalue weighted by Gasteiger charge is -2.03. The molecule has 0 spiro atoms. The number of benzene rings is 1. The van der Waals surface area contributed by atoms with Gasteiger partial charge in [-0.1, -0.05) is 24.3 Å². The Morgan fingerprint density at radius 1 is 1.14 bits per heavy atom. The quantitative estimate of drug-likeness (QED) is 0.726. The Bertz CT molecular complexity index is 499. The van der Waals surface area contributed by atoms with E-state index < -0.39 is 0 Å². The minimum Gasteiger partial charge on any atom is -0.329 e. The molecule has 2 heteroatoms. The second kappa shape index (κ2) is 3.50. The molecular weight excluding hydrogens is 174 g/mol. The highest BCUT2D eigenvalue weighted by Gasteiger charge is 1.99. The molecule has 1 aromatic carbocycles. The summed E-state index contributed by atoms with van der Waals surface area (Å²) < 4.78 is 0. The molecule has 0 saturated carbocycles. The van der Waals surface area contributed by atoms with Crippen LogP contribution in [0, 0.1) is 6.92 Å². The molecule has 0 amide bonds. The molecule has 2 nitrogen and oxygen atoms in total. The van der Waals surface area contributed by atoms with Gasteiger partial charge in [0.05, 0.1) is 0 Å². The van der Waals surface area contributed by atoms with Crippen LogP contribution in [0.1, 0.15) is 5.56 Å². The molecule has 0 unspecified atom stereocenters. The molecule has 0 atom stereocenters. The second-order valence-electron chi connectivity index (χ2n) is 3.26. The zero-order chi connectivity index (χ0) is 9.97. The molecule has 0 aliphatic carbocycles. The highest BCUT2D eigenvalue weighted by Crippen LogP contribution is 2.20. The monoisotopic (exact) mass is 185 g/mol. The number of rotatable bonds is 1. The van der Waals surface area contributed by atoms with E-state index in [9.17, 15) is 4.79 Å². The summed E-state index contributed by atoms with van der Waals surface area (Å²) in [5, 5.41) is 0. The summed E-state index contributed by atoms with van der Waals surface area (Å²) in [5.74, 6) is 0. The Balaban J connectivity index is 2.61. The van der Waals surface area contributed by atoms with Crippen LogP contribution < -0.4 is 5.56 Å². The van der Waals surface area contributed by atoms with Crippen LogP contribution in [0.15, 0.2) is 47.4 Å². The summed E-state index contributed by atoms with van der Waals surface area (Å²) in [7, 11) is 0.